The van der Waals surface area contributed by atoms with Gasteiger partial charge in [0, 0.05) is 0 Å². The van der Waals surface area contributed by atoms with Crippen LogP contribution in [0.1, 0.15) is 57.4 Å². The minimum atomic E-state index is 1.23. The van der Waals surface area contributed by atoms with E-state index in [-0.39, 0.29) is 0 Å². The maximum atomic E-state index is 2.50. The fourth-order valence-electron chi connectivity index (χ4n) is 2.45. The van der Waals surface area contributed by atoms with Crippen LogP contribution in [-0.4, -0.2) is 25.0 Å². The molecule has 1 aromatic carbocycles. The summed E-state index contributed by atoms with van der Waals surface area (Å²) in [5.74, 6) is 0. The monoisotopic (exact) mass is 261 g/mol. The van der Waals surface area contributed by atoms with E-state index in [1.54, 1.807) is 0 Å². The summed E-state index contributed by atoms with van der Waals surface area (Å²) in [5.41, 5.74) is 1.48. The van der Waals surface area contributed by atoms with Crippen LogP contribution in [0.15, 0.2) is 30.3 Å². The average Bonchev–Trinajstić information content (AvgIpc) is 2.44. The summed E-state index contributed by atoms with van der Waals surface area (Å²) in [5, 5.41) is 0. The Kier molecular flexibility index (Phi) is 9.44. The molecular formula is C18H31N. The van der Waals surface area contributed by atoms with E-state index in [0.29, 0.717) is 0 Å². The molecule has 0 spiro atoms. The van der Waals surface area contributed by atoms with Crippen molar-refractivity contribution >= 4 is 0 Å². The topological polar surface area (TPSA) is 3.24 Å². The Bertz CT molecular complexity index is 294. The summed E-state index contributed by atoms with van der Waals surface area (Å²) in [6.45, 7) is 4.80. The molecule has 1 heteroatoms. The van der Waals surface area contributed by atoms with Crippen molar-refractivity contribution in [1.82, 2.24) is 4.90 Å². The van der Waals surface area contributed by atoms with Crippen LogP contribution in [0, 0.1) is 0 Å². The quantitative estimate of drug-likeness (QED) is 0.511. The van der Waals surface area contributed by atoms with Crippen LogP contribution in [-0.2, 0) is 6.42 Å². The van der Waals surface area contributed by atoms with Gasteiger partial charge < -0.3 is 4.90 Å². The maximum Gasteiger partial charge on any atom is -0.00217 e. The van der Waals surface area contributed by atoms with Crippen LogP contribution < -0.4 is 0 Å². The number of hydrogen-bond acceptors (Lipinski definition) is 1. The molecule has 0 amide bonds. The van der Waals surface area contributed by atoms with Gasteiger partial charge in [-0.2, -0.15) is 0 Å². The highest BCUT2D eigenvalue weighted by atomic mass is 15.1. The molecule has 0 aliphatic heterocycles. The third-order valence-corrected chi connectivity index (χ3v) is 3.74. The minimum absolute atomic E-state index is 1.23. The Labute approximate surface area is 120 Å². The lowest BCUT2D eigenvalue weighted by atomic mass is 10.1. The van der Waals surface area contributed by atoms with Crippen LogP contribution in [0.2, 0.25) is 0 Å². The van der Waals surface area contributed by atoms with Gasteiger partial charge in [0.15, 0.2) is 0 Å². The molecule has 0 N–H and O–H groups in total. The van der Waals surface area contributed by atoms with Crippen molar-refractivity contribution in [3.8, 4) is 0 Å². The normalized spacial score (nSPS) is 11.1. The number of hydrogen-bond donors (Lipinski definition) is 0. The van der Waals surface area contributed by atoms with E-state index < -0.39 is 0 Å². The summed E-state index contributed by atoms with van der Waals surface area (Å²) in [4.78, 5) is 2.50. The fraction of sp³-hybridized carbons (Fsp3) is 0.667. The standard InChI is InChI=1S/C18H31N/c1-3-4-5-6-11-16-19(2)17-12-10-15-18-13-8-7-9-14-18/h7-9,13-14H,3-6,10-12,15-17H2,1-2H3. The minimum Gasteiger partial charge on any atom is -0.306 e. The number of unbranched alkanes of at least 4 members (excludes halogenated alkanes) is 5. The van der Waals surface area contributed by atoms with Gasteiger partial charge in [0.1, 0.15) is 0 Å². The lowest BCUT2D eigenvalue weighted by Gasteiger charge is -2.16. The first-order valence-corrected chi connectivity index (χ1v) is 8.05. The molecule has 1 nitrogen and oxygen atoms in total. The van der Waals surface area contributed by atoms with Gasteiger partial charge in [-0.3, -0.25) is 0 Å². The zero-order chi connectivity index (χ0) is 13.8. The summed E-state index contributed by atoms with van der Waals surface area (Å²) >= 11 is 0. The highest BCUT2D eigenvalue weighted by Gasteiger charge is 1.98. The maximum absolute atomic E-state index is 2.50. The number of nitrogens with zero attached hydrogens (tertiary/aromatic N) is 1. The van der Waals surface area contributed by atoms with E-state index in [4.69, 9.17) is 0 Å². The lowest BCUT2D eigenvalue weighted by molar-refractivity contribution is 0.316. The van der Waals surface area contributed by atoms with Crippen molar-refractivity contribution in [2.24, 2.45) is 0 Å². The molecule has 0 saturated heterocycles. The molecule has 0 heterocycles. The van der Waals surface area contributed by atoms with Gasteiger partial charge in [-0.25, -0.2) is 0 Å². The van der Waals surface area contributed by atoms with E-state index in [0.717, 1.165) is 0 Å². The zero-order valence-electron chi connectivity index (χ0n) is 12.9. The van der Waals surface area contributed by atoms with Crippen LogP contribution in [0.4, 0.5) is 0 Å². The Morgan fingerprint density at radius 1 is 0.789 bits per heavy atom. The van der Waals surface area contributed by atoms with Crippen molar-refractivity contribution in [3.05, 3.63) is 35.9 Å². The fourth-order valence-corrected chi connectivity index (χ4v) is 2.45. The van der Waals surface area contributed by atoms with Crippen molar-refractivity contribution in [2.45, 2.75) is 58.3 Å². The second kappa shape index (κ2) is 11.0. The second-order valence-electron chi connectivity index (χ2n) is 5.66. The van der Waals surface area contributed by atoms with Gasteiger partial charge in [0.2, 0.25) is 0 Å². The highest BCUT2D eigenvalue weighted by molar-refractivity contribution is 5.14. The first kappa shape index (κ1) is 16.2. The number of aryl methyl sites for hydroxylation is 1. The van der Waals surface area contributed by atoms with Gasteiger partial charge in [0.05, 0.1) is 0 Å². The van der Waals surface area contributed by atoms with Crippen molar-refractivity contribution < 1.29 is 0 Å². The molecule has 0 bridgehead atoms. The van der Waals surface area contributed by atoms with Crippen LogP contribution in [0.3, 0.4) is 0 Å². The summed E-state index contributed by atoms with van der Waals surface area (Å²) in [6.07, 6.45) is 10.8. The first-order valence-electron chi connectivity index (χ1n) is 8.05. The van der Waals surface area contributed by atoms with Gasteiger partial charge in [-0.05, 0) is 51.4 Å². The molecule has 108 valence electrons. The Morgan fingerprint density at radius 3 is 2.11 bits per heavy atom. The van der Waals surface area contributed by atoms with Gasteiger partial charge in [-0.1, -0.05) is 62.9 Å². The zero-order valence-corrected chi connectivity index (χ0v) is 12.9. The summed E-state index contributed by atoms with van der Waals surface area (Å²) < 4.78 is 0. The summed E-state index contributed by atoms with van der Waals surface area (Å²) in [7, 11) is 2.27. The second-order valence-corrected chi connectivity index (χ2v) is 5.66. The predicted molar refractivity (Wildman–Crippen MR) is 85.6 cm³/mol. The first-order chi connectivity index (χ1) is 9.33. The third-order valence-electron chi connectivity index (χ3n) is 3.74. The molecule has 19 heavy (non-hydrogen) atoms. The molecule has 0 aromatic heterocycles. The molecule has 0 atom stereocenters. The SMILES string of the molecule is CCCCCCCN(C)CCCCc1ccccc1. The molecular weight excluding hydrogens is 230 g/mol. The molecule has 1 aromatic rings. The van der Waals surface area contributed by atoms with Gasteiger partial charge in [-0.15, -0.1) is 0 Å². The Hall–Kier alpha value is -0.820. The summed E-state index contributed by atoms with van der Waals surface area (Å²) in [6, 6.07) is 10.8. The van der Waals surface area contributed by atoms with Gasteiger partial charge >= 0.3 is 0 Å². The smallest absolute Gasteiger partial charge is 0.00217 e. The molecule has 0 unspecified atom stereocenters. The Morgan fingerprint density at radius 2 is 1.42 bits per heavy atom. The number of rotatable bonds is 11. The van der Waals surface area contributed by atoms with Crippen LogP contribution >= 0.6 is 0 Å². The molecule has 0 aliphatic rings. The Balaban J connectivity index is 1.94. The molecule has 0 radical (unpaired) electrons. The van der Waals surface area contributed by atoms with E-state index in [9.17, 15) is 0 Å². The van der Waals surface area contributed by atoms with E-state index in [1.165, 1.54) is 70.0 Å². The van der Waals surface area contributed by atoms with E-state index >= 15 is 0 Å². The number of benzene rings is 1. The van der Waals surface area contributed by atoms with E-state index in [1.807, 2.05) is 0 Å². The molecule has 0 fully saturated rings. The van der Waals surface area contributed by atoms with Crippen LogP contribution in [0.5, 0.6) is 0 Å². The lowest BCUT2D eigenvalue weighted by Crippen LogP contribution is -2.21. The predicted octanol–water partition coefficient (Wildman–Crippen LogP) is 4.91. The van der Waals surface area contributed by atoms with Crippen molar-refractivity contribution in [3.63, 3.8) is 0 Å². The van der Waals surface area contributed by atoms with Crippen LogP contribution in [0.25, 0.3) is 0 Å². The highest BCUT2D eigenvalue weighted by Crippen LogP contribution is 2.06. The van der Waals surface area contributed by atoms with Crippen molar-refractivity contribution in [2.75, 3.05) is 20.1 Å². The molecule has 0 saturated carbocycles. The average molecular weight is 261 g/mol. The third kappa shape index (κ3) is 8.83. The van der Waals surface area contributed by atoms with E-state index in [2.05, 4.69) is 49.2 Å². The largest absolute Gasteiger partial charge is 0.306 e. The molecule has 1 rings (SSSR count). The van der Waals surface area contributed by atoms with Gasteiger partial charge in [0.25, 0.3) is 0 Å². The van der Waals surface area contributed by atoms with Crippen molar-refractivity contribution in [1.29, 1.82) is 0 Å². The molecule has 0 aliphatic carbocycles.